The Morgan fingerprint density at radius 2 is 1.76 bits per heavy atom. The Bertz CT molecular complexity index is 1360. The highest BCUT2D eigenvalue weighted by atomic mass is 16.5. The van der Waals surface area contributed by atoms with Crippen molar-refractivity contribution in [2.24, 2.45) is 0 Å². The largest absolute Gasteiger partial charge is 0.494 e. The number of ether oxygens (including phenoxy) is 1. The van der Waals surface area contributed by atoms with Gasteiger partial charge >= 0.3 is 0 Å². The van der Waals surface area contributed by atoms with Crippen molar-refractivity contribution in [3.63, 3.8) is 0 Å². The zero-order chi connectivity index (χ0) is 23.7. The first-order valence-electron chi connectivity index (χ1n) is 10.7. The fraction of sp³-hybridized carbons (Fsp3) is 0.208. The van der Waals surface area contributed by atoms with Gasteiger partial charge in [-0.3, -0.25) is 14.4 Å². The molecule has 2 amide bonds. The number of aromatic amines is 1. The van der Waals surface area contributed by atoms with Gasteiger partial charge in [-0.25, -0.2) is 9.97 Å². The first kappa shape index (κ1) is 21.4. The molecule has 4 aromatic rings. The zero-order valence-electron chi connectivity index (χ0n) is 18.4. The number of aromatic nitrogens is 3. The lowest BCUT2D eigenvalue weighted by molar-refractivity contribution is -0.127. The van der Waals surface area contributed by atoms with E-state index in [2.05, 4.69) is 15.0 Å². The van der Waals surface area contributed by atoms with E-state index < -0.39 is 11.7 Å². The molecule has 1 aromatic carbocycles. The number of nitrogens with one attached hydrogen (secondary N) is 1. The second-order valence-electron chi connectivity index (χ2n) is 7.77. The first-order valence-corrected chi connectivity index (χ1v) is 10.7. The number of amides is 2. The Labute approximate surface area is 194 Å². The maximum Gasteiger partial charge on any atom is 0.295 e. The van der Waals surface area contributed by atoms with Crippen LogP contribution in [0.1, 0.15) is 20.7 Å². The van der Waals surface area contributed by atoms with Crippen LogP contribution in [-0.4, -0.2) is 75.6 Å². The number of H-pyrrole nitrogens is 1. The van der Waals surface area contributed by atoms with E-state index in [4.69, 9.17) is 9.15 Å². The van der Waals surface area contributed by atoms with Gasteiger partial charge in [-0.1, -0.05) is 18.2 Å². The number of methoxy groups -OCH3 is 1. The number of pyridine rings is 1. The molecule has 1 saturated heterocycles. The van der Waals surface area contributed by atoms with Crippen LogP contribution in [0.3, 0.4) is 0 Å². The molecule has 34 heavy (non-hydrogen) atoms. The van der Waals surface area contributed by atoms with Crippen molar-refractivity contribution in [2.45, 2.75) is 0 Å². The molecule has 1 fully saturated rings. The molecule has 0 spiro atoms. The summed E-state index contributed by atoms with van der Waals surface area (Å²) in [4.78, 5) is 53.4. The number of rotatable bonds is 5. The van der Waals surface area contributed by atoms with E-state index in [1.165, 1.54) is 37.0 Å². The van der Waals surface area contributed by atoms with Crippen molar-refractivity contribution in [3.05, 3.63) is 66.4 Å². The second kappa shape index (κ2) is 8.81. The molecule has 10 heteroatoms. The van der Waals surface area contributed by atoms with Gasteiger partial charge in [0.15, 0.2) is 12.2 Å². The molecule has 1 aliphatic rings. The normalized spacial score (nSPS) is 13.8. The number of carbonyl (C=O) groups excluding carboxylic acids is 3. The maximum atomic E-state index is 13.2. The van der Waals surface area contributed by atoms with Gasteiger partial charge in [-0.2, -0.15) is 0 Å². The quantitative estimate of drug-likeness (QED) is 0.359. The third kappa shape index (κ3) is 3.68. The Kier molecular flexibility index (Phi) is 5.54. The Hall–Kier alpha value is -4.47. The zero-order valence-corrected chi connectivity index (χ0v) is 18.4. The predicted molar refractivity (Wildman–Crippen MR) is 121 cm³/mol. The molecule has 172 valence electrons. The van der Waals surface area contributed by atoms with Crippen LogP contribution < -0.4 is 4.74 Å². The van der Waals surface area contributed by atoms with Crippen LogP contribution in [0.2, 0.25) is 0 Å². The number of ketones is 1. The maximum absolute atomic E-state index is 13.2. The van der Waals surface area contributed by atoms with E-state index >= 15 is 0 Å². The van der Waals surface area contributed by atoms with Crippen molar-refractivity contribution >= 4 is 28.5 Å². The number of hydrogen-bond acceptors (Lipinski definition) is 7. The summed E-state index contributed by atoms with van der Waals surface area (Å²) in [5.41, 5.74) is 1.74. The highest BCUT2D eigenvalue weighted by Gasteiger charge is 2.31. The highest BCUT2D eigenvalue weighted by molar-refractivity contribution is 6.45. The molecule has 0 radical (unpaired) electrons. The van der Waals surface area contributed by atoms with Gasteiger partial charge in [0.25, 0.3) is 17.6 Å². The Morgan fingerprint density at radius 3 is 2.44 bits per heavy atom. The van der Waals surface area contributed by atoms with Crippen LogP contribution in [0.25, 0.3) is 22.4 Å². The Balaban J connectivity index is 1.36. The van der Waals surface area contributed by atoms with Crippen LogP contribution in [0.5, 0.6) is 5.75 Å². The topological polar surface area (TPSA) is 122 Å². The van der Waals surface area contributed by atoms with Crippen molar-refractivity contribution in [1.29, 1.82) is 0 Å². The fourth-order valence-electron chi connectivity index (χ4n) is 4.11. The molecule has 3 aromatic heterocycles. The molecule has 0 saturated carbocycles. The van der Waals surface area contributed by atoms with Gasteiger partial charge in [-0.15, -0.1) is 0 Å². The molecule has 10 nitrogen and oxygen atoms in total. The minimum atomic E-state index is -0.665. The number of Topliss-reactive ketones (excluding diaryl/α,β-unsaturated/α-hetero) is 1. The molecule has 0 atom stereocenters. The molecule has 0 bridgehead atoms. The van der Waals surface area contributed by atoms with E-state index in [1.807, 2.05) is 18.2 Å². The lowest BCUT2D eigenvalue weighted by Crippen LogP contribution is -2.52. The van der Waals surface area contributed by atoms with Crippen molar-refractivity contribution in [3.8, 4) is 17.2 Å². The summed E-state index contributed by atoms with van der Waals surface area (Å²) < 4.78 is 10.8. The van der Waals surface area contributed by atoms with Gasteiger partial charge in [-0.05, 0) is 12.1 Å². The first-order chi connectivity index (χ1) is 16.6. The third-order valence-corrected chi connectivity index (χ3v) is 5.87. The minimum Gasteiger partial charge on any atom is -0.494 e. The van der Waals surface area contributed by atoms with E-state index in [-0.39, 0.29) is 24.6 Å². The van der Waals surface area contributed by atoms with E-state index in [1.54, 1.807) is 17.0 Å². The lowest BCUT2D eigenvalue weighted by atomic mass is 10.1. The van der Waals surface area contributed by atoms with E-state index in [0.29, 0.717) is 46.8 Å². The number of benzene rings is 1. The molecular weight excluding hydrogens is 438 g/mol. The number of piperazine rings is 1. The number of hydrogen-bond donors (Lipinski definition) is 1. The second-order valence-corrected chi connectivity index (χ2v) is 7.77. The summed E-state index contributed by atoms with van der Waals surface area (Å²) in [6.07, 6.45) is 5.75. The number of carbonyl (C=O) groups is 3. The Morgan fingerprint density at radius 1 is 1.03 bits per heavy atom. The molecule has 5 rings (SSSR count). The van der Waals surface area contributed by atoms with Gasteiger partial charge in [0.2, 0.25) is 0 Å². The SMILES string of the molecule is COc1cnc(-c2cnco2)c2[nH]cc(C(=O)C(=O)N3CCN(C(=O)c4ccccc4)CC3)c12. The fourth-order valence-corrected chi connectivity index (χ4v) is 4.11. The van der Waals surface area contributed by atoms with Crippen LogP contribution >= 0.6 is 0 Å². The molecule has 0 aliphatic carbocycles. The number of oxazole rings is 1. The summed E-state index contributed by atoms with van der Waals surface area (Å²) in [7, 11) is 1.47. The molecule has 0 unspecified atom stereocenters. The number of nitrogens with zero attached hydrogens (tertiary/aromatic N) is 4. The predicted octanol–water partition coefficient (Wildman–Crippen LogP) is 2.39. The summed E-state index contributed by atoms with van der Waals surface area (Å²) >= 11 is 0. The van der Waals surface area contributed by atoms with Gasteiger partial charge < -0.3 is 23.9 Å². The molecule has 4 heterocycles. The summed E-state index contributed by atoms with van der Waals surface area (Å²) in [6, 6.07) is 8.99. The molecule has 1 aliphatic heterocycles. The van der Waals surface area contributed by atoms with Gasteiger partial charge in [0, 0.05) is 37.9 Å². The van der Waals surface area contributed by atoms with Gasteiger partial charge in [0.1, 0.15) is 11.4 Å². The van der Waals surface area contributed by atoms with Crippen LogP contribution in [0.4, 0.5) is 0 Å². The lowest BCUT2D eigenvalue weighted by Gasteiger charge is -2.34. The van der Waals surface area contributed by atoms with Crippen molar-refractivity contribution in [1.82, 2.24) is 24.8 Å². The van der Waals surface area contributed by atoms with Gasteiger partial charge in [0.05, 0.1) is 36.0 Å². The molecular formula is C24H21N5O5. The van der Waals surface area contributed by atoms with E-state index in [9.17, 15) is 14.4 Å². The molecule has 1 N–H and O–H groups in total. The van der Waals surface area contributed by atoms with Crippen molar-refractivity contribution < 1.29 is 23.5 Å². The highest BCUT2D eigenvalue weighted by Crippen LogP contribution is 2.34. The summed E-state index contributed by atoms with van der Waals surface area (Å²) in [6.45, 7) is 1.24. The average Bonchev–Trinajstić information content (AvgIpc) is 3.58. The van der Waals surface area contributed by atoms with E-state index in [0.717, 1.165) is 0 Å². The van der Waals surface area contributed by atoms with Crippen LogP contribution in [0, 0.1) is 0 Å². The standard InChI is InChI=1S/C24H21N5O5/c1-33-17-13-27-20(18-12-25-14-34-18)21-19(17)16(11-26-21)22(30)24(32)29-9-7-28(8-10-29)23(31)15-5-3-2-4-6-15/h2-6,11-14,26H,7-10H2,1H3. The van der Waals surface area contributed by atoms with Crippen LogP contribution in [0.15, 0.2) is 59.7 Å². The minimum absolute atomic E-state index is 0.0900. The van der Waals surface area contributed by atoms with Crippen LogP contribution in [-0.2, 0) is 4.79 Å². The number of fused-ring (bicyclic) bond motifs is 1. The monoisotopic (exact) mass is 459 g/mol. The summed E-state index contributed by atoms with van der Waals surface area (Å²) in [5, 5.41) is 0.445. The third-order valence-electron chi connectivity index (χ3n) is 5.87. The smallest absolute Gasteiger partial charge is 0.295 e. The average molecular weight is 459 g/mol. The van der Waals surface area contributed by atoms with Crippen molar-refractivity contribution in [2.75, 3.05) is 33.3 Å². The summed E-state index contributed by atoms with van der Waals surface area (Å²) in [5.74, 6) is -0.615.